The van der Waals surface area contributed by atoms with Crippen LogP contribution in [0.3, 0.4) is 0 Å². The van der Waals surface area contributed by atoms with Crippen molar-refractivity contribution in [3.8, 4) is 0 Å². The lowest BCUT2D eigenvalue weighted by Gasteiger charge is -2.26. The molecular weight excluding hydrogens is 396 g/mol. The Hall–Kier alpha value is -2.32. The normalized spacial score (nSPS) is 20.1. The van der Waals surface area contributed by atoms with Crippen LogP contribution < -0.4 is 10.6 Å². The Bertz CT molecular complexity index is 913. The molecule has 4 rings (SSSR count). The highest BCUT2D eigenvalue weighted by atomic mass is 79.9. The molecular formula is C18H19BrN6O. The summed E-state index contributed by atoms with van der Waals surface area (Å²) in [7, 11) is 0. The first-order valence-electron chi connectivity index (χ1n) is 8.62. The van der Waals surface area contributed by atoms with Crippen molar-refractivity contribution in [2.75, 3.05) is 10.6 Å². The Morgan fingerprint density at radius 1 is 1.08 bits per heavy atom. The van der Waals surface area contributed by atoms with Gasteiger partial charge >= 0.3 is 0 Å². The lowest BCUT2D eigenvalue weighted by Crippen LogP contribution is -2.28. The molecule has 7 nitrogen and oxygen atoms in total. The number of hydrogen-bond donors (Lipinski definition) is 3. The van der Waals surface area contributed by atoms with E-state index in [1.54, 1.807) is 6.20 Å². The topological polar surface area (TPSA) is 95.9 Å². The van der Waals surface area contributed by atoms with Crippen LogP contribution in [0, 0.1) is 0 Å². The van der Waals surface area contributed by atoms with Gasteiger partial charge in [0.2, 0.25) is 5.95 Å². The summed E-state index contributed by atoms with van der Waals surface area (Å²) in [6.07, 6.45) is 6.47. The highest BCUT2D eigenvalue weighted by Gasteiger charge is 2.20. The number of fused-ring (bicyclic) bond motifs is 1. The number of nitrogens with one attached hydrogen (secondary N) is 2. The molecule has 1 aliphatic carbocycles. The maximum atomic E-state index is 9.64. The van der Waals surface area contributed by atoms with Crippen LogP contribution in [-0.2, 0) is 0 Å². The molecule has 3 aromatic rings. The number of rotatable bonds is 4. The van der Waals surface area contributed by atoms with Crippen molar-refractivity contribution in [3.05, 3.63) is 41.3 Å². The molecule has 0 atom stereocenters. The Morgan fingerprint density at radius 3 is 2.73 bits per heavy atom. The molecule has 0 radical (unpaired) electrons. The van der Waals surface area contributed by atoms with Gasteiger partial charge in [0.05, 0.1) is 12.3 Å². The van der Waals surface area contributed by atoms with E-state index >= 15 is 0 Å². The van der Waals surface area contributed by atoms with E-state index in [1.807, 2.05) is 24.3 Å². The SMILES string of the molecule is O[C@H]1CC[C@H](Nc2ncc3ncnc(Nc4cccc(Br)c4)c3n2)CC1. The second-order valence-electron chi connectivity index (χ2n) is 6.43. The van der Waals surface area contributed by atoms with Crippen LogP contribution in [-0.4, -0.2) is 37.2 Å². The number of anilines is 3. The van der Waals surface area contributed by atoms with Crippen LogP contribution >= 0.6 is 15.9 Å². The molecule has 8 heteroatoms. The molecule has 0 amide bonds. The van der Waals surface area contributed by atoms with Gasteiger partial charge in [-0.1, -0.05) is 22.0 Å². The summed E-state index contributed by atoms with van der Waals surface area (Å²) in [5, 5.41) is 16.3. The maximum Gasteiger partial charge on any atom is 0.223 e. The minimum atomic E-state index is -0.181. The van der Waals surface area contributed by atoms with Crippen LogP contribution in [0.1, 0.15) is 25.7 Å². The van der Waals surface area contributed by atoms with E-state index in [1.165, 1.54) is 6.33 Å². The van der Waals surface area contributed by atoms with Crippen molar-refractivity contribution in [1.82, 2.24) is 19.9 Å². The third kappa shape index (κ3) is 3.91. The Labute approximate surface area is 159 Å². The number of hydrogen-bond acceptors (Lipinski definition) is 7. The molecule has 1 fully saturated rings. The lowest BCUT2D eigenvalue weighted by molar-refractivity contribution is 0.126. The van der Waals surface area contributed by atoms with Gasteiger partial charge in [-0.2, -0.15) is 0 Å². The van der Waals surface area contributed by atoms with Crippen LogP contribution in [0.4, 0.5) is 17.5 Å². The third-order valence-corrected chi connectivity index (χ3v) is 4.99. The molecule has 1 aliphatic rings. The van der Waals surface area contributed by atoms with Gasteiger partial charge in [-0.05, 0) is 43.9 Å². The fourth-order valence-corrected chi connectivity index (χ4v) is 3.52. The van der Waals surface area contributed by atoms with E-state index in [4.69, 9.17) is 0 Å². The van der Waals surface area contributed by atoms with Gasteiger partial charge in [-0.25, -0.2) is 19.9 Å². The van der Waals surface area contributed by atoms with E-state index in [9.17, 15) is 5.11 Å². The summed E-state index contributed by atoms with van der Waals surface area (Å²) in [6.45, 7) is 0. The van der Waals surface area contributed by atoms with Gasteiger partial charge in [0.15, 0.2) is 5.82 Å². The third-order valence-electron chi connectivity index (χ3n) is 4.49. The molecule has 2 aromatic heterocycles. The van der Waals surface area contributed by atoms with Crippen molar-refractivity contribution in [2.45, 2.75) is 37.8 Å². The zero-order valence-corrected chi connectivity index (χ0v) is 15.6. The molecule has 0 saturated heterocycles. The van der Waals surface area contributed by atoms with E-state index in [-0.39, 0.29) is 12.1 Å². The standard InChI is InChI=1S/C18H19BrN6O/c19-11-2-1-3-13(8-11)23-17-16-15(21-10-22-17)9-20-18(25-16)24-12-4-6-14(26)7-5-12/h1-3,8-10,12,14,26H,4-7H2,(H,20,24,25)(H,21,22,23)/t12-,14-. The van der Waals surface area contributed by atoms with Gasteiger partial charge in [-0.3, -0.25) is 0 Å². The molecule has 0 aliphatic heterocycles. The van der Waals surface area contributed by atoms with Gasteiger partial charge in [0.25, 0.3) is 0 Å². The van der Waals surface area contributed by atoms with Crippen molar-refractivity contribution in [2.24, 2.45) is 0 Å². The molecule has 3 N–H and O–H groups in total. The molecule has 2 heterocycles. The quantitative estimate of drug-likeness (QED) is 0.599. The van der Waals surface area contributed by atoms with Crippen molar-refractivity contribution < 1.29 is 5.11 Å². The van der Waals surface area contributed by atoms with Crippen LogP contribution in [0.25, 0.3) is 11.0 Å². The lowest BCUT2D eigenvalue weighted by atomic mass is 9.93. The average Bonchev–Trinajstić information content (AvgIpc) is 2.64. The minimum absolute atomic E-state index is 0.181. The van der Waals surface area contributed by atoms with E-state index in [0.29, 0.717) is 22.8 Å². The first-order valence-corrected chi connectivity index (χ1v) is 9.41. The molecule has 1 aromatic carbocycles. The maximum absolute atomic E-state index is 9.64. The summed E-state index contributed by atoms with van der Waals surface area (Å²) in [5.74, 6) is 1.20. The fourth-order valence-electron chi connectivity index (χ4n) is 3.12. The van der Waals surface area contributed by atoms with Crippen molar-refractivity contribution in [1.29, 1.82) is 0 Å². The average molecular weight is 415 g/mol. The highest BCUT2D eigenvalue weighted by molar-refractivity contribution is 9.10. The van der Waals surface area contributed by atoms with E-state index in [0.717, 1.165) is 35.8 Å². The number of halogens is 1. The predicted octanol–water partition coefficient (Wildman–Crippen LogP) is 3.64. The Morgan fingerprint density at radius 2 is 1.92 bits per heavy atom. The summed E-state index contributed by atoms with van der Waals surface area (Å²) in [5.41, 5.74) is 2.26. The van der Waals surface area contributed by atoms with Gasteiger partial charge in [0.1, 0.15) is 17.4 Å². The fraction of sp³-hybridized carbons (Fsp3) is 0.333. The molecule has 0 spiro atoms. The minimum Gasteiger partial charge on any atom is -0.393 e. The summed E-state index contributed by atoms with van der Waals surface area (Å²) < 4.78 is 0.984. The Kier molecular flexibility index (Phi) is 4.94. The number of aliphatic hydroxyl groups excluding tert-OH is 1. The van der Waals surface area contributed by atoms with Gasteiger partial charge in [0, 0.05) is 16.2 Å². The van der Waals surface area contributed by atoms with E-state index < -0.39 is 0 Å². The first kappa shape index (κ1) is 17.1. The highest BCUT2D eigenvalue weighted by Crippen LogP contribution is 2.25. The largest absolute Gasteiger partial charge is 0.393 e. The van der Waals surface area contributed by atoms with Crippen LogP contribution in [0.15, 0.2) is 41.3 Å². The smallest absolute Gasteiger partial charge is 0.223 e. The molecule has 26 heavy (non-hydrogen) atoms. The number of aliphatic hydroxyl groups is 1. The van der Waals surface area contributed by atoms with Gasteiger partial charge < -0.3 is 15.7 Å². The number of nitrogens with zero attached hydrogens (tertiary/aromatic N) is 4. The summed E-state index contributed by atoms with van der Waals surface area (Å²) >= 11 is 3.47. The van der Waals surface area contributed by atoms with Gasteiger partial charge in [-0.15, -0.1) is 0 Å². The van der Waals surface area contributed by atoms with E-state index in [2.05, 4.69) is 46.5 Å². The van der Waals surface area contributed by atoms with Crippen LogP contribution in [0.2, 0.25) is 0 Å². The molecule has 1 saturated carbocycles. The predicted molar refractivity (Wildman–Crippen MR) is 104 cm³/mol. The molecule has 0 bridgehead atoms. The number of aromatic nitrogens is 4. The second kappa shape index (κ2) is 7.51. The summed E-state index contributed by atoms with van der Waals surface area (Å²) in [4.78, 5) is 17.6. The van der Waals surface area contributed by atoms with Crippen molar-refractivity contribution in [3.63, 3.8) is 0 Å². The zero-order valence-electron chi connectivity index (χ0n) is 14.1. The van der Waals surface area contributed by atoms with Crippen LogP contribution in [0.5, 0.6) is 0 Å². The first-order chi connectivity index (χ1) is 12.7. The Balaban J connectivity index is 1.60. The monoisotopic (exact) mass is 414 g/mol. The second-order valence-corrected chi connectivity index (χ2v) is 7.35. The number of benzene rings is 1. The van der Waals surface area contributed by atoms with Crippen molar-refractivity contribution >= 4 is 44.4 Å². The summed E-state index contributed by atoms with van der Waals surface area (Å²) in [6, 6.07) is 8.14. The molecule has 0 unspecified atom stereocenters. The molecule has 134 valence electrons. The zero-order chi connectivity index (χ0) is 17.9.